The van der Waals surface area contributed by atoms with Crippen molar-refractivity contribution in [1.29, 1.82) is 0 Å². The Balaban J connectivity index is 1.59. The molecular formula is C25H39N5O2. The quantitative estimate of drug-likeness (QED) is 0.629. The number of likely N-dealkylation sites (tertiary alicyclic amines) is 1. The Morgan fingerprint density at radius 3 is 2.59 bits per heavy atom. The third-order valence-electron chi connectivity index (χ3n) is 7.14. The fourth-order valence-electron chi connectivity index (χ4n) is 5.04. The highest BCUT2D eigenvalue weighted by molar-refractivity contribution is 5.86. The second kappa shape index (κ2) is 10.8. The highest BCUT2D eigenvalue weighted by Crippen LogP contribution is 2.37. The van der Waals surface area contributed by atoms with Gasteiger partial charge < -0.3 is 20.1 Å². The van der Waals surface area contributed by atoms with E-state index in [0.717, 1.165) is 80.9 Å². The van der Waals surface area contributed by atoms with Gasteiger partial charge in [-0.25, -0.2) is 15.0 Å². The molecule has 0 bridgehead atoms. The third kappa shape index (κ3) is 5.67. The van der Waals surface area contributed by atoms with Crippen molar-refractivity contribution in [3.05, 3.63) is 18.0 Å². The van der Waals surface area contributed by atoms with Gasteiger partial charge in [0.2, 0.25) is 11.8 Å². The molecule has 2 fully saturated rings. The second-order valence-electron chi connectivity index (χ2n) is 9.87. The van der Waals surface area contributed by atoms with E-state index >= 15 is 0 Å². The summed E-state index contributed by atoms with van der Waals surface area (Å²) in [5.74, 6) is 2.25. The molecule has 32 heavy (non-hydrogen) atoms. The summed E-state index contributed by atoms with van der Waals surface area (Å²) in [6, 6.07) is 0.327. The van der Waals surface area contributed by atoms with Crippen molar-refractivity contribution in [2.45, 2.75) is 83.3 Å². The van der Waals surface area contributed by atoms with Crippen LogP contribution in [0, 0.1) is 5.92 Å². The molecule has 1 atom stereocenters. The molecule has 1 aliphatic heterocycles. The summed E-state index contributed by atoms with van der Waals surface area (Å²) in [4.78, 5) is 16.7. The molecule has 0 amide bonds. The predicted octanol–water partition coefficient (Wildman–Crippen LogP) is 4.36. The lowest BCUT2D eigenvalue weighted by atomic mass is 9.83. The first-order chi connectivity index (χ1) is 15.5. The molecule has 1 unspecified atom stereocenters. The van der Waals surface area contributed by atoms with E-state index in [1.54, 1.807) is 0 Å². The summed E-state index contributed by atoms with van der Waals surface area (Å²) in [6.45, 7) is 7.31. The second-order valence-corrected chi connectivity index (χ2v) is 9.87. The molecule has 0 aromatic carbocycles. The van der Waals surface area contributed by atoms with Crippen LogP contribution in [0.15, 0.2) is 12.4 Å². The Kier molecular flexibility index (Phi) is 7.79. The van der Waals surface area contributed by atoms with Gasteiger partial charge in [0, 0.05) is 24.0 Å². The van der Waals surface area contributed by atoms with Crippen molar-refractivity contribution < 1.29 is 9.84 Å². The van der Waals surface area contributed by atoms with Crippen molar-refractivity contribution >= 4 is 16.9 Å². The summed E-state index contributed by atoms with van der Waals surface area (Å²) in [7, 11) is 2.18. The van der Waals surface area contributed by atoms with E-state index in [4.69, 9.17) is 14.7 Å². The van der Waals surface area contributed by atoms with Gasteiger partial charge in [0.1, 0.15) is 0 Å². The van der Waals surface area contributed by atoms with E-state index in [1.807, 2.05) is 12.4 Å². The van der Waals surface area contributed by atoms with Gasteiger partial charge in [0.25, 0.3) is 0 Å². The van der Waals surface area contributed by atoms with Crippen LogP contribution in [0.1, 0.15) is 76.7 Å². The largest absolute Gasteiger partial charge is 0.477 e. The third-order valence-corrected chi connectivity index (χ3v) is 7.14. The smallest absolute Gasteiger partial charge is 0.224 e. The van der Waals surface area contributed by atoms with Gasteiger partial charge in [-0.2, -0.15) is 0 Å². The molecule has 1 aliphatic carbocycles. The minimum Gasteiger partial charge on any atom is -0.477 e. The number of anilines is 1. The molecule has 2 aliphatic rings. The van der Waals surface area contributed by atoms with Gasteiger partial charge in [0.15, 0.2) is 0 Å². The molecule has 1 saturated carbocycles. The molecule has 3 heterocycles. The summed E-state index contributed by atoms with van der Waals surface area (Å²) in [5, 5.41) is 14.3. The van der Waals surface area contributed by atoms with Gasteiger partial charge in [-0.05, 0) is 83.8 Å². The van der Waals surface area contributed by atoms with Crippen molar-refractivity contribution in [2.24, 2.45) is 5.92 Å². The molecule has 0 spiro atoms. The number of hydrogen-bond donors (Lipinski definition) is 2. The van der Waals surface area contributed by atoms with E-state index in [1.165, 1.54) is 0 Å². The Hall–Kier alpha value is -1.99. The number of hydrogen-bond acceptors (Lipinski definition) is 7. The summed E-state index contributed by atoms with van der Waals surface area (Å²) in [5.41, 5.74) is 2.10. The van der Waals surface area contributed by atoms with Gasteiger partial charge in [-0.3, -0.25) is 0 Å². The number of ether oxygens (including phenoxy) is 1. The van der Waals surface area contributed by atoms with Gasteiger partial charge in [0.05, 0.1) is 23.6 Å². The van der Waals surface area contributed by atoms with E-state index < -0.39 is 0 Å². The predicted molar refractivity (Wildman–Crippen MR) is 128 cm³/mol. The number of nitrogens with zero attached hydrogens (tertiary/aromatic N) is 4. The monoisotopic (exact) mass is 441 g/mol. The first kappa shape index (κ1) is 23.2. The van der Waals surface area contributed by atoms with Crippen LogP contribution < -0.4 is 10.1 Å². The number of aliphatic hydroxyl groups is 1. The Bertz CT molecular complexity index is 876. The minimum atomic E-state index is -0.177. The number of piperidine rings is 1. The standard InChI is InChI=1S/C25H39N5O2/c1-4-5-17(2)28-25-27-15-22-23(29-25)21(19-6-8-20(31)9-7-19)14-26-24(22)32-16-18-10-12-30(3)13-11-18/h14-15,17-20,31H,4-13,16H2,1-3H3,(H,27,28,29)/t17?,19-,20-. The molecule has 7 nitrogen and oxygen atoms in total. The molecular weight excluding hydrogens is 402 g/mol. The van der Waals surface area contributed by atoms with Crippen LogP contribution >= 0.6 is 0 Å². The minimum absolute atomic E-state index is 0.177. The molecule has 7 heteroatoms. The average molecular weight is 442 g/mol. The zero-order valence-corrected chi connectivity index (χ0v) is 19.9. The number of fused-ring (bicyclic) bond motifs is 1. The number of nitrogens with one attached hydrogen (secondary N) is 1. The van der Waals surface area contributed by atoms with E-state index in [2.05, 4.69) is 36.1 Å². The summed E-state index contributed by atoms with van der Waals surface area (Å²) >= 11 is 0. The molecule has 2 aromatic heterocycles. The lowest BCUT2D eigenvalue weighted by molar-refractivity contribution is 0.122. The number of rotatable bonds is 8. The normalized spacial score (nSPS) is 23.9. The van der Waals surface area contributed by atoms with Crippen molar-refractivity contribution in [3.8, 4) is 5.88 Å². The first-order valence-electron chi connectivity index (χ1n) is 12.4. The van der Waals surface area contributed by atoms with Crippen LogP contribution in [0.5, 0.6) is 5.88 Å². The van der Waals surface area contributed by atoms with Crippen molar-refractivity contribution in [3.63, 3.8) is 0 Å². The maximum atomic E-state index is 9.96. The zero-order chi connectivity index (χ0) is 22.5. The topological polar surface area (TPSA) is 83.4 Å². The van der Waals surface area contributed by atoms with E-state index in [9.17, 15) is 5.11 Å². The molecule has 4 rings (SSSR count). The fourth-order valence-corrected chi connectivity index (χ4v) is 5.04. The van der Waals surface area contributed by atoms with Crippen LogP contribution in [0.4, 0.5) is 5.95 Å². The van der Waals surface area contributed by atoms with Crippen LogP contribution in [0.25, 0.3) is 10.9 Å². The highest BCUT2D eigenvalue weighted by Gasteiger charge is 2.25. The van der Waals surface area contributed by atoms with Crippen LogP contribution in [-0.4, -0.2) is 63.8 Å². The van der Waals surface area contributed by atoms with Gasteiger partial charge >= 0.3 is 0 Å². The summed E-state index contributed by atoms with van der Waals surface area (Å²) < 4.78 is 6.24. The highest BCUT2D eigenvalue weighted by atomic mass is 16.5. The SMILES string of the molecule is CCCC(C)Nc1ncc2c(OCC3CCN(C)CC3)ncc([C@H]3CC[C@H](O)CC3)c2n1. The molecule has 0 radical (unpaired) electrons. The Morgan fingerprint density at radius 2 is 1.88 bits per heavy atom. The van der Waals surface area contributed by atoms with Crippen molar-refractivity contribution in [2.75, 3.05) is 32.1 Å². The van der Waals surface area contributed by atoms with E-state index in [-0.39, 0.29) is 6.10 Å². The Morgan fingerprint density at radius 1 is 1.12 bits per heavy atom. The van der Waals surface area contributed by atoms with Gasteiger partial charge in [-0.15, -0.1) is 0 Å². The van der Waals surface area contributed by atoms with Gasteiger partial charge in [-0.1, -0.05) is 13.3 Å². The zero-order valence-electron chi connectivity index (χ0n) is 19.9. The van der Waals surface area contributed by atoms with Crippen molar-refractivity contribution in [1.82, 2.24) is 19.9 Å². The van der Waals surface area contributed by atoms with Crippen LogP contribution in [-0.2, 0) is 0 Å². The lowest BCUT2D eigenvalue weighted by Crippen LogP contribution is -2.32. The van der Waals surface area contributed by atoms with E-state index in [0.29, 0.717) is 36.3 Å². The lowest BCUT2D eigenvalue weighted by Gasteiger charge is -2.29. The Labute approximate surface area is 192 Å². The summed E-state index contributed by atoms with van der Waals surface area (Å²) in [6.07, 6.45) is 11.8. The number of pyridine rings is 1. The maximum absolute atomic E-state index is 9.96. The van der Waals surface area contributed by atoms with Crippen LogP contribution in [0.2, 0.25) is 0 Å². The maximum Gasteiger partial charge on any atom is 0.224 e. The molecule has 1 saturated heterocycles. The molecule has 2 N–H and O–H groups in total. The molecule has 2 aromatic rings. The first-order valence-corrected chi connectivity index (χ1v) is 12.4. The number of aliphatic hydroxyl groups excluding tert-OH is 1. The molecule has 176 valence electrons. The fraction of sp³-hybridized carbons (Fsp3) is 0.720. The van der Waals surface area contributed by atoms with Crippen LogP contribution in [0.3, 0.4) is 0 Å². The average Bonchev–Trinajstić information content (AvgIpc) is 2.79. The number of aromatic nitrogens is 3.